The highest BCUT2D eigenvalue weighted by molar-refractivity contribution is 5.71. The van der Waals surface area contributed by atoms with E-state index in [9.17, 15) is 14.7 Å². The molecule has 0 heterocycles. The van der Waals surface area contributed by atoms with E-state index in [4.69, 9.17) is 9.47 Å². The lowest BCUT2D eigenvalue weighted by molar-refractivity contribution is -0.161. The van der Waals surface area contributed by atoms with Crippen molar-refractivity contribution < 1.29 is 24.2 Å². The van der Waals surface area contributed by atoms with Gasteiger partial charge in [0.15, 0.2) is 6.10 Å². The zero-order valence-corrected chi connectivity index (χ0v) is 38.5. The molecule has 1 N–H and O–H groups in total. The standard InChI is InChI=1S/C57H82O5/c1-3-5-7-9-11-13-15-17-19-20-21-22-23-24-25-26-27-28-29-30-31-32-33-34-35-36-38-40-42-44-46-48-50-52-57(60)62-55(53-58)54-61-56(59)51-49-47-45-43-41-39-37-18-16-14-12-10-8-6-4-2/h5-8,11-14,17-19,21-22,24-25,27-28,30-31,33-34,36-38,41-44,47,49,55,58H,3-4,9-10,15-16,20,23,26,29,32,35,39-40,45-46,48,50-54H2,1-2H3/b7-5-,8-6-,13-11-,14-12-,19-17-,22-21-,25-24-,28-27-,31-30-,34-33-,37-18-,38-36-,43-41-,44-42-,49-47-. The van der Waals surface area contributed by atoms with Gasteiger partial charge in [0.25, 0.3) is 0 Å². The Labute approximate surface area is 378 Å². The van der Waals surface area contributed by atoms with E-state index < -0.39 is 24.6 Å². The van der Waals surface area contributed by atoms with Crippen molar-refractivity contribution in [2.45, 2.75) is 148 Å². The first-order valence-electron chi connectivity index (χ1n) is 23.3. The van der Waals surface area contributed by atoms with Crippen LogP contribution in [0.25, 0.3) is 0 Å². The summed E-state index contributed by atoms with van der Waals surface area (Å²) >= 11 is 0. The summed E-state index contributed by atoms with van der Waals surface area (Å²) < 4.78 is 10.5. The van der Waals surface area contributed by atoms with Crippen LogP contribution in [-0.2, 0) is 19.1 Å². The van der Waals surface area contributed by atoms with Crippen LogP contribution in [0.15, 0.2) is 182 Å². The van der Waals surface area contributed by atoms with Crippen molar-refractivity contribution in [2.75, 3.05) is 13.2 Å². The zero-order chi connectivity index (χ0) is 44.9. The van der Waals surface area contributed by atoms with E-state index in [0.717, 1.165) is 109 Å². The van der Waals surface area contributed by atoms with E-state index in [1.54, 1.807) is 6.08 Å². The number of hydrogen-bond acceptors (Lipinski definition) is 5. The van der Waals surface area contributed by atoms with Gasteiger partial charge in [-0.2, -0.15) is 0 Å². The van der Waals surface area contributed by atoms with Gasteiger partial charge in [-0.3, -0.25) is 9.59 Å². The van der Waals surface area contributed by atoms with Crippen molar-refractivity contribution in [3.05, 3.63) is 182 Å². The van der Waals surface area contributed by atoms with Crippen LogP contribution in [0.2, 0.25) is 0 Å². The first-order valence-corrected chi connectivity index (χ1v) is 23.3. The lowest BCUT2D eigenvalue weighted by Gasteiger charge is -2.15. The lowest BCUT2D eigenvalue weighted by Crippen LogP contribution is -2.28. The maximum Gasteiger partial charge on any atom is 0.309 e. The highest BCUT2D eigenvalue weighted by atomic mass is 16.6. The van der Waals surface area contributed by atoms with Gasteiger partial charge in [0.1, 0.15) is 6.61 Å². The van der Waals surface area contributed by atoms with E-state index in [1.165, 1.54) is 0 Å². The van der Waals surface area contributed by atoms with Gasteiger partial charge in [-0.05, 0) is 116 Å². The van der Waals surface area contributed by atoms with Crippen molar-refractivity contribution in [1.82, 2.24) is 0 Å². The second-order valence-corrected chi connectivity index (χ2v) is 14.4. The summed E-state index contributed by atoms with van der Waals surface area (Å²) in [6.07, 6.45) is 81.4. The van der Waals surface area contributed by atoms with Crippen LogP contribution >= 0.6 is 0 Å². The van der Waals surface area contributed by atoms with Gasteiger partial charge in [-0.1, -0.05) is 196 Å². The predicted octanol–water partition coefficient (Wildman–Crippen LogP) is 15.6. The predicted molar refractivity (Wildman–Crippen MR) is 269 cm³/mol. The number of esters is 2. The van der Waals surface area contributed by atoms with Gasteiger partial charge in [0, 0.05) is 6.42 Å². The Morgan fingerprint density at radius 2 is 0.677 bits per heavy atom. The number of aliphatic hydroxyl groups is 1. The number of carbonyl (C=O) groups is 2. The van der Waals surface area contributed by atoms with E-state index >= 15 is 0 Å². The summed E-state index contributed by atoms with van der Waals surface area (Å²) in [4.78, 5) is 24.3. The van der Waals surface area contributed by atoms with Gasteiger partial charge in [-0.25, -0.2) is 0 Å². The van der Waals surface area contributed by atoms with Crippen molar-refractivity contribution in [2.24, 2.45) is 0 Å². The van der Waals surface area contributed by atoms with Gasteiger partial charge in [-0.15, -0.1) is 0 Å². The number of carbonyl (C=O) groups excluding carboxylic acids is 2. The molecule has 0 fully saturated rings. The summed E-state index contributed by atoms with van der Waals surface area (Å²) in [6, 6.07) is 0. The monoisotopic (exact) mass is 847 g/mol. The molecule has 0 aromatic carbocycles. The molecule has 5 nitrogen and oxygen atoms in total. The molecule has 0 aliphatic heterocycles. The molecule has 0 spiro atoms. The lowest BCUT2D eigenvalue weighted by atomic mass is 10.2. The Morgan fingerprint density at radius 1 is 0.387 bits per heavy atom. The molecule has 1 unspecified atom stereocenters. The number of unbranched alkanes of at least 4 members (excludes halogenated alkanes) is 2. The van der Waals surface area contributed by atoms with Crippen molar-refractivity contribution in [3.8, 4) is 0 Å². The van der Waals surface area contributed by atoms with Gasteiger partial charge >= 0.3 is 11.9 Å². The maximum absolute atomic E-state index is 12.2. The van der Waals surface area contributed by atoms with Crippen LogP contribution in [0.1, 0.15) is 142 Å². The SMILES string of the molecule is CC/C=C\C/C=C\C/C=C\C/C=C\C/C=C\C/C=C\C/C=C\C/C=C\C/C=C\C/C=C\CCCCC(=O)OC(CO)COC(=O)C/C=C\C/C=C\C/C=C\C/C=C\C/C=C\CC. The summed E-state index contributed by atoms with van der Waals surface area (Å²) in [6.45, 7) is 3.75. The van der Waals surface area contributed by atoms with Crippen LogP contribution < -0.4 is 0 Å². The minimum absolute atomic E-state index is 0.130. The highest BCUT2D eigenvalue weighted by Crippen LogP contribution is 2.06. The van der Waals surface area contributed by atoms with Gasteiger partial charge < -0.3 is 14.6 Å². The maximum atomic E-state index is 12.2. The largest absolute Gasteiger partial charge is 0.461 e. The Balaban J connectivity index is 3.81. The molecule has 0 rings (SSSR count). The van der Waals surface area contributed by atoms with E-state index in [1.807, 2.05) is 6.08 Å². The summed E-state index contributed by atoms with van der Waals surface area (Å²) in [7, 11) is 0. The highest BCUT2D eigenvalue weighted by Gasteiger charge is 2.15. The second-order valence-electron chi connectivity index (χ2n) is 14.4. The quantitative estimate of drug-likeness (QED) is 0.0379. The fourth-order valence-electron chi connectivity index (χ4n) is 5.30. The smallest absolute Gasteiger partial charge is 0.309 e. The molecular weight excluding hydrogens is 765 g/mol. The van der Waals surface area contributed by atoms with Crippen LogP contribution in [0.3, 0.4) is 0 Å². The van der Waals surface area contributed by atoms with Gasteiger partial charge in [0.05, 0.1) is 13.0 Å². The Morgan fingerprint density at radius 3 is 0.984 bits per heavy atom. The molecule has 0 aromatic rings. The van der Waals surface area contributed by atoms with Gasteiger partial charge in [0.2, 0.25) is 0 Å². The number of hydrogen-bond donors (Lipinski definition) is 1. The average Bonchev–Trinajstić information content (AvgIpc) is 3.28. The van der Waals surface area contributed by atoms with E-state index in [0.29, 0.717) is 6.42 Å². The van der Waals surface area contributed by atoms with Crippen LogP contribution in [0.5, 0.6) is 0 Å². The Bertz CT molecular complexity index is 1510. The van der Waals surface area contributed by atoms with Crippen LogP contribution in [-0.4, -0.2) is 36.4 Å². The normalized spacial score (nSPS) is 13.9. The topological polar surface area (TPSA) is 72.8 Å². The number of rotatable bonds is 39. The zero-order valence-electron chi connectivity index (χ0n) is 38.5. The summed E-state index contributed by atoms with van der Waals surface area (Å²) in [5, 5.41) is 9.57. The molecule has 0 saturated carbocycles. The Kier molecular flexibility index (Phi) is 46.3. The first kappa shape index (κ1) is 57.0. The van der Waals surface area contributed by atoms with E-state index in [-0.39, 0.29) is 19.4 Å². The number of ether oxygens (including phenoxy) is 2. The third-order valence-corrected chi connectivity index (χ3v) is 8.73. The van der Waals surface area contributed by atoms with E-state index in [2.05, 4.69) is 184 Å². The molecule has 0 aliphatic rings. The minimum atomic E-state index is -0.850. The molecule has 62 heavy (non-hydrogen) atoms. The van der Waals surface area contributed by atoms with Crippen molar-refractivity contribution in [3.63, 3.8) is 0 Å². The molecule has 0 saturated heterocycles. The van der Waals surface area contributed by atoms with Crippen LogP contribution in [0, 0.1) is 0 Å². The van der Waals surface area contributed by atoms with Crippen LogP contribution in [0.4, 0.5) is 0 Å². The molecule has 0 amide bonds. The third kappa shape index (κ3) is 47.7. The molecule has 0 bridgehead atoms. The van der Waals surface area contributed by atoms with Crippen molar-refractivity contribution in [1.29, 1.82) is 0 Å². The fourth-order valence-corrected chi connectivity index (χ4v) is 5.30. The summed E-state index contributed by atoms with van der Waals surface area (Å²) in [5.41, 5.74) is 0. The number of aliphatic hydroxyl groups excluding tert-OH is 1. The number of allylic oxidation sites excluding steroid dienone is 29. The molecule has 0 aliphatic carbocycles. The minimum Gasteiger partial charge on any atom is -0.461 e. The first-order chi connectivity index (χ1) is 30.6. The molecule has 1 atom stereocenters. The Hall–Kier alpha value is -5.00. The molecular formula is C57H82O5. The molecule has 5 heteroatoms. The fraction of sp³-hybridized carbons (Fsp3) is 0.439. The second kappa shape index (κ2) is 50.4. The third-order valence-electron chi connectivity index (χ3n) is 8.73. The summed E-state index contributed by atoms with van der Waals surface area (Å²) in [5.74, 6) is -0.811. The van der Waals surface area contributed by atoms with Crippen molar-refractivity contribution >= 4 is 11.9 Å². The average molecular weight is 847 g/mol. The molecule has 0 aromatic heterocycles. The molecule has 340 valence electrons. The molecule has 0 radical (unpaired) electrons.